The minimum absolute atomic E-state index is 0.131. The molecule has 2 aromatic carbocycles. The summed E-state index contributed by atoms with van der Waals surface area (Å²) < 4.78 is 10.8. The fourth-order valence-corrected chi connectivity index (χ4v) is 3.04. The monoisotopic (exact) mass is 354 g/mol. The van der Waals surface area contributed by atoms with Gasteiger partial charge in [-0.1, -0.05) is 11.6 Å². The van der Waals surface area contributed by atoms with Crippen molar-refractivity contribution < 1.29 is 9.15 Å². The van der Waals surface area contributed by atoms with Gasteiger partial charge >= 0.3 is 0 Å². The number of methoxy groups -OCH3 is 1. The van der Waals surface area contributed by atoms with Crippen LogP contribution in [0.25, 0.3) is 21.9 Å². The van der Waals surface area contributed by atoms with Gasteiger partial charge in [-0.05, 0) is 30.3 Å². The molecular weight excluding hydrogens is 340 g/mol. The summed E-state index contributed by atoms with van der Waals surface area (Å²) in [6, 6.07) is 12.8. The number of pyridine rings is 1. The van der Waals surface area contributed by atoms with Crippen molar-refractivity contribution >= 4 is 39.2 Å². The molecule has 0 aliphatic heterocycles. The molecule has 0 saturated carbocycles. The Morgan fingerprint density at radius 3 is 2.92 bits per heavy atom. The van der Waals surface area contributed by atoms with Gasteiger partial charge in [0.05, 0.1) is 18.8 Å². The highest BCUT2D eigenvalue weighted by atomic mass is 35.5. The van der Waals surface area contributed by atoms with Crippen molar-refractivity contribution in [2.24, 2.45) is 0 Å². The number of aromatic amines is 1. The fourth-order valence-electron chi connectivity index (χ4n) is 2.86. The van der Waals surface area contributed by atoms with Crippen LogP contribution in [0, 0.1) is 0 Å². The normalized spacial score (nSPS) is 11.1. The predicted molar refractivity (Wildman–Crippen MR) is 99.7 cm³/mol. The number of nitrogens with one attached hydrogen (secondary N) is 2. The van der Waals surface area contributed by atoms with Crippen LogP contribution < -0.4 is 15.6 Å². The minimum atomic E-state index is -0.131. The van der Waals surface area contributed by atoms with E-state index in [1.54, 1.807) is 25.5 Å². The average Bonchev–Trinajstić information content (AvgIpc) is 3.08. The standard InChI is InChI=1S/C19H15ClN2O3/c1-24-17-8-14(9-18-15(17)4-5-25-18)21-10-12-6-11-7-13(20)2-3-16(11)22-19(12)23/h2-9,21H,10H2,1H3,(H,22,23). The van der Waals surface area contributed by atoms with Crippen molar-refractivity contribution in [3.8, 4) is 5.75 Å². The van der Waals surface area contributed by atoms with E-state index in [9.17, 15) is 4.79 Å². The van der Waals surface area contributed by atoms with Gasteiger partial charge in [0.25, 0.3) is 5.56 Å². The molecular formula is C19H15ClN2O3. The largest absolute Gasteiger partial charge is 0.496 e. The van der Waals surface area contributed by atoms with Gasteiger partial charge < -0.3 is 19.5 Å². The first-order valence-corrected chi connectivity index (χ1v) is 8.12. The summed E-state index contributed by atoms with van der Waals surface area (Å²) in [5.74, 6) is 0.716. The number of hydrogen-bond donors (Lipinski definition) is 2. The Kier molecular flexibility index (Phi) is 3.86. The molecule has 2 aromatic heterocycles. The van der Waals surface area contributed by atoms with Crippen molar-refractivity contribution in [3.05, 3.63) is 69.7 Å². The minimum Gasteiger partial charge on any atom is -0.496 e. The third-order valence-electron chi connectivity index (χ3n) is 4.12. The Balaban J connectivity index is 1.66. The molecule has 0 atom stereocenters. The molecule has 5 nitrogen and oxygen atoms in total. The second-order valence-electron chi connectivity index (χ2n) is 5.72. The van der Waals surface area contributed by atoms with Gasteiger partial charge in [-0.25, -0.2) is 0 Å². The van der Waals surface area contributed by atoms with Crippen molar-refractivity contribution in [1.82, 2.24) is 4.98 Å². The van der Waals surface area contributed by atoms with Gasteiger partial charge in [0.15, 0.2) is 0 Å². The number of ether oxygens (including phenoxy) is 1. The summed E-state index contributed by atoms with van der Waals surface area (Å²) in [6.45, 7) is 0.368. The molecule has 4 rings (SSSR count). The smallest absolute Gasteiger partial charge is 0.253 e. The molecule has 4 aromatic rings. The first-order valence-electron chi connectivity index (χ1n) is 7.74. The van der Waals surface area contributed by atoms with E-state index in [1.807, 2.05) is 30.3 Å². The van der Waals surface area contributed by atoms with Crippen molar-refractivity contribution in [1.29, 1.82) is 0 Å². The van der Waals surface area contributed by atoms with Gasteiger partial charge in [-0.3, -0.25) is 4.79 Å². The third-order valence-corrected chi connectivity index (χ3v) is 4.35. The van der Waals surface area contributed by atoms with E-state index < -0.39 is 0 Å². The first kappa shape index (κ1) is 15.6. The molecule has 0 radical (unpaired) electrons. The highest BCUT2D eigenvalue weighted by Gasteiger charge is 2.08. The van der Waals surface area contributed by atoms with E-state index in [2.05, 4.69) is 10.3 Å². The van der Waals surface area contributed by atoms with E-state index in [1.165, 1.54) is 0 Å². The van der Waals surface area contributed by atoms with Gasteiger partial charge in [-0.15, -0.1) is 0 Å². The molecule has 0 fully saturated rings. The molecule has 0 saturated heterocycles. The highest BCUT2D eigenvalue weighted by molar-refractivity contribution is 6.31. The number of anilines is 1. The van der Waals surface area contributed by atoms with E-state index in [0.29, 0.717) is 22.9 Å². The van der Waals surface area contributed by atoms with Gasteiger partial charge in [0.2, 0.25) is 0 Å². The van der Waals surface area contributed by atoms with Gasteiger partial charge in [0, 0.05) is 45.9 Å². The van der Waals surface area contributed by atoms with Gasteiger partial charge in [0.1, 0.15) is 11.3 Å². The number of rotatable bonds is 4. The summed E-state index contributed by atoms with van der Waals surface area (Å²) in [6.07, 6.45) is 1.62. The number of hydrogen-bond acceptors (Lipinski definition) is 4. The molecule has 2 heterocycles. The zero-order valence-electron chi connectivity index (χ0n) is 13.4. The summed E-state index contributed by atoms with van der Waals surface area (Å²) in [5.41, 5.74) is 2.78. The second kappa shape index (κ2) is 6.18. The Hall–Kier alpha value is -2.92. The zero-order chi connectivity index (χ0) is 17.4. The predicted octanol–water partition coefficient (Wildman–Crippen LogP) is 4.55. The number of benzene rings is 2. The summed E-state index contributed by atoms with van der Waals surface area (Å²) in [7, 11) is 1.61. The Labute approximate surface area is 148 Å². The quantitative estimate of drug-likeness (QED) is 0.564. The van der Waals surface area contributed by atoms with Crippen molar-refractivity contribution in [3.63, 3.8) is 0 Å². The zero-order valence-corrected chi connectivity index (χ0v) is 14.2. The molecule has 126 valence electrons. The van der Waals surface area contributed by atoms with E-state index >= 15 is 0 Å². The lowest BCUT2D eigenvalue weighted by molar-refractivity contribution is 0.420. The van der Waals surface area contributed by atoms with Crippen LogP contribution in [0.15, 0.2) is 57.9 Å². The molecule has 0 aliphatic rings. The van der Waals surface area contributed by atoms with Crippen LogP contribution in [0.4, 0.5) is 5.69 Å². The number of fused-ring (bicyclic) bond motifs is 2. The number of halogens is 1. The van der Waals surface area contributed by atoms with E-state index in [-0.39, 0.29) is 5.56 Å². The highest BCUT2D eigenvalue weighted by Crippen LogP contribution is 2.30. The summed E-state index contributed by atoms with van der Waals surface area (Å²) in [5, 5.41) is 5.68. The molecule has 0 unspecified atom stereocenters. The molecule has 6 heteroatoms. The molecule has 25 heavy (non-hydrogen) atoms. The summed E-state index contributed by atoms with van der Waals surface area (Å²) in [4.78, 5) is 15.1. The van der Waals surface area contributed by atoms with Crippen molar-refractivity contribution in [2.75, 3.05) is 12.4 Å². The molecule has 0 amide bonds. The molecule has 0 spiro atoms. The maximum Gasteiger partial charge on any atom is 0.253 e. The van der Waals surface area contributed by atoms with E-state index in [0.717, 1.165) is 27.6 Å². The Morgan fingerprint density at radius 2 is 2.08 bits per heavy atom. The van der Waals surface area contributed by atoms with Gasteiger partial charge in [-0.2, -0.15) is 0 Å². The third kappa shape index (κ3) is 2.94. The van der Waals surface area contributed by atoms with Crippen LogP contribution in [0.1, 0.15) is 5.56 Å². The number of furan rings is 1. The molecule has 2 N–H and O–H groups in total. The number of aromatic nitrogens is 1. The Morgan fingerprint density at radius 1 is 1.20 bits per heavy atom. The maximum absolute atomic E-state index is 12.3. The topological polar surface area (TPSA) is 67.3 Å². The molecule has 0 aliphatic carbocycles. The lowest BCUT2D eigenvalue weighted by Gasteiger charge is -2.09. The van der Waals surface area contributed by atoms with Crippen LogP contribution in [0.3, 0.4) is 0 Å². The van der Waals surface area contributed by atoms with E-state index in [4.69, 9.17) is 20.8 Å². The summed E-state index contributed by atoms with van der Waals surface area (Å²) >= 11 is 6.03. The van der Waals surface area contributed by atoms with Crippen LogP contribution in [-0.4, -0.2) is 12.1 Å². The lowest BCUT2D eigenvalue weighted by atomic mass is 10.1. The maximum atomic E-state index is 12.3. The van der Waals surface area contributed by atoms with Crippen LogP contribution >= 0.6 is 11.6 Å². The molecule has 0 bridgehead atoms. The lowest BCUT2D eigenvalue weighted by Crippen LogP contribution is -2.15. The average molecular weight is 355 g/mol. The Bertz CT molecular complexity index is 1130. The van der Waals surface area contributed by atoms with Crippen LogP contribution in [0.5, 0.6) is 5.75 Å². The van der Waals surface area contributed by atoms with Crippen LogP contribution in [-0.2, 0) is 6.54 Å². The number of H-pyrrole nitrogens is 1. The second-order valence-corrected chi connectivity index (χ2v) is 6.16. The first-order chi connectivity index (χ1) is 12.1. The van der Waals surface area contributed by atoms with Crippen molar-refractivity contribution in [2.45, 2.75) is 6.54 Å². The van der Waals surface area contributed by atoms with Crippen LogP contribution in [0.2, 0.25) is 5.02 Å². The SMILES string of the molecule is COc1cc(NCc2cc3cc(Cl)ccc3[nH]c2=O)cc2occc12. The fraction of sp³-hybridized carbons (Fsp3) is 0.105.